The highest BCUT2D eigenvalue weighted by atomic mass is 16.5. The van der Waals surface area contributed by atoms with E-state index in [0.717, 1.165) is 11.1 Å². The summed E-state index contributed by atoms with van der Waals surface area (Å²) in [6.07, 6.45) is 2.83. The van der Waals surface area contributed by atoms with Gasteiger partial charge in [-0.05, 0) is 31.5 Å². The van der Waals surface area contributed by atoms with Gasteiger partial charge in [-0.1, -0.05) is 17.7 Å². The van der Waals surface area contributed by atoms with Crippen molar-refractivity contribution in [1.82, 2.24) is 4.98 Å². The van der Waals surface area contributed by atoms with E-state index in [9.17, 15) is 4.79 Å². The first-order chi connectivity index (χ1) is 8.58. The Bertz CT molecular complexity index is 593. The van der Waals surface area contributed by atoms with Gasteiger partial charge in [0.25, 0.3) is 0 Å². The molecule has 0 amide bonds. The van der Waals surface area contributed by atoms with Crippen molar-refractivity contribution >= 4 is 5.97 Å². The second-order valence-corrected chi connectivity index (χ2v) is 4.05. The van der Waals surface area contributed by atoms with Gasteiger partial charge < -0.3 is 9.84 Å². The van der Waals surface area contributed by atoms with Crippen LogP contribution in [-0.4, -0.2) is 16.1 Å². The number of carboxylic acid groups (broad SMARTS) is 1. The average molecular weight is 243 g/mol. The Hall–Kier alpha value is -2.36. The first-order valence-corrected chi connectivity index (χ1v) is 5.50. The zero-order chi connectivity index (χ0) is 13.1. The predicted octanol–water partition coefficient (Wildman–Crippen LogP) is 3.19. The van der Waals surface area contributed by atoms with E-state index in [2.05, 4.69) is 4.98 Å². The van der Waals surface area contributed by atoms with Crippen LogP contribution in [-0.2, 0) is 0 Å². The Labute approximate surface area is 105 Å². The molecule has 1 heterocycles. The summed E-state index contributed by atoms with van der Waals surface area (Å²) in [6.45, 7) is 3.91. The number of hydrogen-bond donors (Lipinski definition) is 1. The van der Waals surface area contributed by atoms with E-state index in [4.69, 9.17) is 9.84 Å². The lowest BCUT2D eigenvalue weighted by molar-refractivity contribution is 0.0694. The van der Waals surface area contributed by atoms with Crippen molar-refractivity contribution in [3.05, 3.63) is 53.3 Å². The highest BCUT2D eigenvalue weighted by molar-refractivity contribution is 5.90. The number of ether oxygens (including phenoxy) is 1. The normalized spacial score (nSPS) is 10.1. The molecular weight excluding hydrogens is 230 g/mol. The number of nitrogens with zero attached hydrogens (tertiary/aromatic N) is 1. The minimum atomic E-state index is -1.03. The maximum absolute atomic E-state index is 11.0. The number of aromatic nitrogens is 1. The van der Waals surface area contributed by atoms with Gasteiger partial charge in [-0.15, -0.1) is 0 Å². The quantitative estimate of drug-likeness (QED) is 0.899. The summed E-state index contributed by atoms with van der Waals surface area (Å²) in [7, 11) is 0. The van der Waals surface area contributed by atoms with Crippen LogP contribution in [0, 0.1) is 13.8 Å². The van der Waals surface area contributed by atoms with Gasteiger partial charge in [0.1, 0.15) is 11.3 Å². The first-order valence-electron chi connectivity index (χ1n) is 5.50. The summed E-state index contributed by atoms with van der Waals surface area (Å²) < 4.78 is 5.61. The molecule has 18 heavy (non-hydrogen) atoms. The van der Waals surface area contributed by atoms with Crippen LogP contribution in [0.2, 0.25) is 0 Å². The van der Waals surface area contributed by atoms with Gasteiger partial charge in [0.05, 0.1) is 6.20 Å². The molecule has 2 rings (SSSR count). The van der Waals surface area contributed by atoms with Gasteiger partial charge in [0, 0.05) is 6.20 Å². The summed E-state index contributed by atoms with van der Waals surface area (Å²) in [5.41, 5.74) is 2.18. The smallest absolute Gasteiger partial charge is 0.339 e. The molecule has 1 aromatic heterocycles. The summed E-state index contributed by atoms with van der Waals surface area (Å²) in [6, 6.07) is 7.13. The fourth-order valence-corrected chi connectivity index (χ4v) is 1.67. The highest BCUT2D eigenvalue weighted by Gasteiger charge is 2.12. The van der Waals surface area contributed by atoms with Crippen LogP contribution in [0.25, 0.3) is 0 Å². The van der Waals surface area contributed by atoms with Crippen molar-refractivity contribution in [3.8, 4) is 11.5 Å². The summed E-state index contributed by atoms with van der Waals surface area (Å²) >= 11 is 0. The van der Waals surface area contributed by atoms with Crippen molar-refractivity contribution in [1.29, 1.82) is 0 Å². The largest absolute Gasteiger partial charge is 0.478 e. The molecular formula is C14H13NO3. The van der Waals surface area contributed by atoms with Gasteiger partial charge in [-0.25, -0.2) is 4.79 Å². The van der Waals surface area contributed by atoms with E-state index in [1.54, 1.807) is 0 Å². The lowest BCUT2D eigenvalue weighted by Gasteiger charge is -2.10. The minimum absolute atomic E-state index is 0.102. The highest BCUT2D eigenvalue weighted by Crippen LogP contribution is 2.27. The third-order valence-electron chi connectivity index (χ3n) is 2.57. The van der Waals surface area contributed by atoms with Crippen molar-refractivity contribution in [2.45, 2.75) is 13.8 Å². The van der Waals surface area contributed by atoms with Crippen LogP contribution in [0.5, 0.6) is 11.5 Å². The average Bonchev–Trinajstić information content (AvgIpc) is 2.33. The van der Waals surface area contributed by atoms with Crippen molar-refractivity contribution in [2.75, 3.05) is 0 Å². The Morgan fingerprint density at radius 3 is 2.67 bits per heavy atom. The molecule has 4 nitrogen and oxygen atoms in total. The Balaban J connectivity index is 2.37. The van der Waals surface area contributed by atoms with Gasteiger partial charge in [0.15, 0.2) is 5.75 Å². The Morgan fingerprint density at radius 2 is 2.00 bits per heavy atom. The number of aryl methyl sites for hydroxylation is 2. The molecule has 0 saturated carbocycles. The fraction of sp³-hybridized carbons (Fsp3) is 0.143. The van der Waals surface area contributed by atoms with E-state index in [1.165, 1.54) is 18.5 Å². The third kappa shape index (κ3) is 2.48. The van der Waals surface area contributed by atoms with Gasteiger partial charge in [-0.2, -0.15) is 0 Å². The second-order valence-electron chi connectivity index (χ2n) is 4.05. The molecule has 0 radical (unpaired) electrons. The monoisotopic (exact) mass is 243 g/mol. The van der Waals surface area contributed by atoms with E-state index in [-0.39, 0.29) is 11.3 Å². The molecule has 0 aliphatic carbocycles. The number of pyridine rings is 1. The molecule has 0 spiro atoms. The molecule has 0 unspecified atom stereocenters. The SMILES string of the molecule is Cc1ccc(Oc2cnccc2C(=O)O)c(C)c1. The number of hydrogen-bond acceptors (Lipinski definition) is 3. The lowest BCUT2D eigenvalue weighted by atomic mass is 10.1. The van der Waals surface area contributed by atoms with Crippen LogP contribution in [0.3, 0.4) is 0 Å². The second kappa shape index (κ2) is 4.87. The van der Waals surface area contributed by atoms with E-state index < -0.39 is 5.97 Å². The third-order valence-corrected chi connectivity index (χ3v) is 2.57. The van der Waals surface area contributed by atoms with Gasteiger partial charge in [-0.3, -0.25) is 4.98 Å². The molecule has 92 valence electrons. The lowest BCUT2D eigenvalue weighted by Crippen LogP contribution is -2.01. The Kier molecular flexibility index (Phi) is 3.28. The molecule has 4 heteroatoms. The topological polar surface area (TPSA) is 59.4 Å². The molecule has 0 atom stereocenters. The summed E-state index contributed by atoms with van der Waals surface area (Å²) in [5, 5.41) is 9.05. The number of carboxylic acids is 1. The molecule has 2 aromatic rings. The predicted molar refractivity (Wildman–Crippen MR) is 67.2 cm³/mol. The van der Waals surface area contributed by atoms with Crippen LogP contribution in [0.4, 0.5) is 0 Å². The van der Waals surface area contributed by atoms with Crippen molar-refractivity contribution < 1.29 is 14.6 Å². The van der Waals surface area contributed by atoms with Crippen LogP contribution < -0.4 is 4.74 Å². The Morgan fingerprint density at radius 1 is 1.22 bits per heavy atom. The minimum Gasteiger partial charge on any atom is -0.478 e. The number of carbonyl (C=O) groups is 1. The maximum Gasteiger partial charge on any atom is 0.339 e. The zero-order valence-corrected chi connectivity index (χ0v) is 10.2. The molecule has 0 aliphatic rings. The number of rotatable bonds is 3. The van der Waals surface area contributed by atoms with E-state index in [0.29, 0.717) is 5.75 Å². The van der Waals surface area contributed by atoms with E-state index in [1.807, 2.05) is 32.0 Å². The molecule has 0 fully saturated rings. The van der Waals surface area contributed by atoms with Crippen LogP contribution >= 0.6 is 0 Å². The molecule has 1 N–H and O–H groups in total. The molecule has 0 saturated heterocycles. The van der Waals surface area contributed by atoms with Crippen LogP contribution in [0.1, 0.15) is 21.5 Å². The maximum atomic E-state index is 11.0. The fourth-order valence-electron chi connectivity index (χ4n) is 1.67. The standard InChI is InChI=1S/C14H13NO3/c1-9-3-4-12(10(2)7-9)18-13-8-15-6-5-11(13)14(16)17/h3-8H,1-2H3,(H,16,17). The summed E-state index contributed by atoms with van der Waals surface area (Å²) in [4.78, 5) is 14.9. The van der Waals surface area contributed by atoms with Gasteiger partial charge >= 0.3 is 5.97 Å². The molecule has 0 aliphatic heterocycles. The zero-order valence-electron chi connectivity index (χ0n) is 10.2. The number of benzene rings is 1. The van der Waals surface area contributed by atoms with Crippen molar-refractivity contribution in [2.24, 2.45) is 0 Å². The molecule has 0 bridgehead atoms. The van der Waals surface area contributed by atoms with E-state index >= 15 is 0 Å². The first kappa shape index (κ1) is 12.1. The van der Waals surface area contributed by atoms with Gasteiger partial charge in [0.2, 0.25) is 0 Å². The van der Waals surface area contributed by atoms with Crippen molar-refractivity contribution in [3.63, 3.8) is 0 Å². The number of aromatic carboxylic acids is 1. The van der Waals surface area contributed by atoms with Crippen LogP contribution in [0.15, 0.2) is 36.7 Å². The summed E-state index contributed by atoms with van der Waals surface area (Å²) in [5.74, 6) is -0.148. The molecule has 1 aromatic carbocycles.